The van der Waals surface area contributed by atoms with Crippen molar-refractivity contribution in [3.8, 4) is 22.9 Å². The van der Waals surface area contributed by atoms with E-state index >= 15 is 0 Å². The van der Waals surface area contributed by atoms with Crippen LogP contribution in [0.25, 0.3) is 11.3 Å². The monoisotopic (exact) mass is 508 g/mol. The molecule has 0 bridgehead atoms. The van der Waals surface area contributed by atoms with Gasteiger partial charge in [0.25, 0.3) is 10.0 Å². The SMILES string of the molecule is Cc1cccc(C)c1-c1cc(Oc2ccc(NCCCO)cc2)nc(NS(=O)(=O)c2cnn(C)c2)n1. The molecule has 0 aliphatic rings. The maximum Gasteiger partial charge on any atom is 0.267 e. The van der Waals surface area contributed by atoms with E-state index in [1.807, 2.05) is 44.2 Å². The summed E-state index contributed by atoms with van der Waals surface area (Å²) < 4.78 is 35.7. The highest BCUT2D eigenvalue weighted by Gasteiger charge is 2.20. The lowest BCUT2D eigenvalue weighted by Gasteiger charge is -2.14. The van der Waals surface area contributed by atoms with Gasteiger partial charge < -0.3 is 15.2 Å². The van der Waals surface area contributed by atoms with E-state index in [1.54, 1.807) is 25.2 Å². The number of rotatable bonds is 10. The van der Waals surface area contributed by atoms with E-state index in [4.69, 9.17) is 9.84 Å². The van der Waals surface area contributed by atoms with Crippen molar-refractivity contribution < 1.29 is 18.3 Å². The summed E-state index contributed by atoms with van der Waals surface area (Å²) in [4.78, 5) is 8.82. The smallest absolute Gasteiger partial charge is 0.267 e. The van der Waals surface area contributed by atoms with Crippen LogP contribution >= 0.6 is 0 Å². The van der Waals surface area contributed by atoms with Crippen LogP contribution in [0, 0.1) is 13.8 Å². The van der Waals surface area contributed by atoms with Gasteiger partial charge in [-0.2, -0.15) is 10.1 Å². The van der Waals surface area contributed by atoms with Crippen molar-refractivity contribution >= 4 is 21.7 Å². The summed E-state index contributed by atoms with van der Waals surface area (Å²) >= 11 is 0. The van der Waals surface area contributed by atoms with Gasteiger partial charge in [0, 0.05) is 43.7 Å². The largest absolute Gasteiger partial charge is 0.439 e. The minimum Gasteiger partial charge on any atom is -0.439 e. The summed E-state index contributed by atoms with van der Waals surface area (Å²) in [6.07, 6.45) is 3.30. The second-order valence-corrected chi connectivity index (χ2v) is 9.95. The lowest BCUT2D eigenvalue weighted by molar-refractivity contribution is 0.292. The predicted octanol–water partition coefficient (Wildman–Crippen LogP) is 3.88. The number of aliphatic hydroxyl groups excluding tert-OH is 1. The zero-order valence-electron chi connectivity index (χ0n) is 20.3. The van der Waals surface area contributed by atoms with Crippen molar-refractivity contribution in [1.29, 1.82) is 0 Å². The highest BCUT2D eigenvalue weighted by Crippen LogP contribution is 2.31. The Hall–Kier alpha value is -3.96. The highest BCUT2D eigenvalue weighted by atomic mass is 32.2. The normalized spacial score (nSPS) is 11.3. The molecular weight excluding hydrogens is 480 g/mol. The van der Waals surface area contributed by atoms with Crippen LogP contribution in [0.3, 0.4) is 0 Å². The Morgan fingerprint density at radius 2 is 1.78 bits per heavy atom. The zero-order chi connectivity index (χ0) is 25.7. The number of nitrogens with one attached hydrogen (secondary N) is 2. The van der Waals surface area contributed by atoms with Gasteiger partial charge in [-0.3, -0.25) is 4.68 Å². The molecule has 0 radical (unpaired) electrons. The first kappa shape index (κ1) is 25.1. The number of ether oxygens (including phenoxy) is 1. The quantitative estimate of drug-likeness (QED) is 0.275. The van der Waals surface area contributed by atoms with E-state index in [2.05, 4.69) is 25.1 Å². The number of benzene rings is 2. The number of hydrogen-bond acceptors (Lipinski definition) is 8. The van der Waals surface area contributed by atoms with Crippen molar-refractivity contribution in [3.05, 3.63) is 72.1 Å². The fourth-order valence-electron chi connectivity index (χ4n) is 3.66. The molecule has 188 valence electrons. The number of nitrogens with zero attached hydrogens (tertiary/aromatic N) is 4. The topological polar surface area (TPSA) is 131 Å². The molecule has 4 rings (SSSR count). The zero-order valence-corrected chi connectivity index (χ0v) is 21.1. The first-order valence-corrected chi connectivity index (χ1v) is 12.8. The summed E-state index contributed by atoms with van der Waals surface area (Å²) in [7, 11) is -2.32. The Labute approximate surface area is 210 Å². The van der Waals surface area contributed by atoms with E-state index in [1.165, 1.54) is 17.1 Å². The first-order valence-electron chi connectivity index (χ1n) is 11.3. The molecular formula is C25H28N6O4S. The Bertz CT molecular complexity index is 1430. The van der Waals surface area contributed by atoms with Crippen LogP contribution < -0.4 is 14.8 Å². The molecule has 2 heterocycles. The second-order valence-electron chi connectivity index (χ2n) is 8.27. The van der Waals surface area contributed by atoms with Gasteiger partial charge in [-0.05, 0) is 55.7 Å². The number of aryl methyl sites for hydroxylation is 3. The van der Waals surface area contributed by atoms with Crippen LogP contribution in [-0.4, -0.2) is 46.4 Å². The maximum absolute atomic E-state index is 12.9. The predicted molar refractivity (Wildman–Crippen MR) is 138 cm³/mol. The van der Waals surface area contributed by atoms with Crippen LogP contribution in [0.2, 0.25) is 0 Å². The summed E-state index contributed by atoms with van der Waals surface area (Å²) in [6, 6.07) is 14.8. The van der Waals surface area contributed by atoms with Crippen molar-refractivity contribution in [1.82, 2.24) is 19.7 Å². The summed E-state index contributed by atoms with van der Waals surface area (Å²) in [5.74, 6) is 0.596. The molecule has 0 amide bonds. The van der Waals surface area contributed by atoms with Gasteiger partial charge in [-0.15, -0.1) is 0 Å². The van der Waals surface area contributed by atoms with Crippen molar-refractivity contribution in [2.24, 2.45) is 7.05 Å². The first-order chi connectivity index (χ1) is 17.2. The third-order valence-corrected chi connectivity index (χ3v) is 6.68. The van der Waals surface area contributed by atoms with Crippen LogP contribution in [-0.2, 0) is 17.1 Å². The number of aromatic nitrogens is 4. The molecule has 0 saturated heterocycles. The number of hydrogen-bond donors (Lipinski definition) is 3. The third-order valence-electron chi connectivity index (χ3n) is 5.40. The Kier molecular flexibility index (Phi) is 7.51. The van der Waals surface area contributed by atoms with Gasteiger partial charge in [0.05, 0.1) is 11.9 Å². The van der Waals surface area contributed by atoms with Gasteiger partial charge in [-0.25, -0.2) is 18.1 Å². The number of sulfonamides is 1. The van der Waals surface area contributed by atoms with Crippen molar-refractivity contribution in [2.45, 2.75) is 25.2 Å². The van der Waals surface area contributed by atoms with Gasteiger partial charge in [-0.1, -0.05) is 18.2 Å². The lowest BCUT2D eigenvalue weighted by atomic mass is 10.00. The molecule has 2 aromatic heterocycles. The average molecular weight is 509 g/mol. The molecule has 10 nitrogen and oxygen atoms in total. The molecule has 36 heavy (non-hydrogen) atoms. The fraction of sp³-hybridized carbons (Fsp3) is 0.240. The standard InChI is InChI=1S/C25H28N6O4S/c1-17-6-4-7-18(2)24(17)22-14-23(35-20-10-8-19(9-11-20)26-12-5-13-32)29-25(28-22)30-36(33,34)21-15-27-31(3)16-21/h4,6-11,14-16,26,32H,5,12-13H2,1-3H3,(H,28,29,30). The van der Waals surface area contributed by atoms with Gasteiger partial charge in [0.1, 0.15) is 10.6 Å². The minimum atomic E-state index is -3.96. The molecule has 0 aliphatic heterocycles. The Morgan fingerprint density at radius 1 is 1.06 bits per heavy atom. The lowest BCUT2D eigenvalue weighted by Crippen LogP contribution is -2.15. The molecule has 3 N–H and O–H groups in total. The summed E-state index contributed by atoms with van der Waals surface area (Å²) in [5, 5.41) is 16.1. The van der Waals surface area contributed by atoms with Gasteiger partial charge >= 0.3 is 0 Å². The molecule has 2 aromatic carbocycles. The van der Waals surface area contributed by atoms with E-state index in [0.29, 0.717) is 24.4 Å². The maximum atomic E-state index is 12.9. The summed E-state index contributed by atoms with van der Waals surface area (Å²) in [6.45, 7) is 4.71. The summed E-state index contributed by atoms with van der Waals surface area (Å²) in [5.41, 5.74) is 4.26. The third kappa shape index (κ3) is 5.99. The molecule has 0 atom stereocenters. The molecule has 0 aliphatic carbocycles. The highest BCUT2D eigenvalue weighted by molar-refractivity contribution is 7.92. The van der Waals surface area contributed by atoms with Crippen LogP contribution in [0.4, 0.5) is 11.6 Å². The van der Waals surface area contributed by atoms with Crippen LogP contribution in [0.5, 0.6) is 11.6 Å². The van der Waals surface area contributed by atoms with Crippen LogP contribution in [0.15, 0.2) is 65.8 Å². The minimum absolute atomic E-state index is 0.00201. The number of aliphatic hydroxyl groups is 1. The van der Waals surface area contributed by atoms with Crippen LogP contribution in [0.1, 0.15) is 17.5 Å². The van der Waals surface area contributed by atoms with Gasteiger partial charge in [0.15, 0.2) is 0 Å². The Balaban J connectivity index is 1.68. The van der Waals surface area contributed by atoms with E-state index in [0.717, 1.165) is 22.4 Å². The average Bonchev–Trinajstić information content (AvgIpc) is 3.27. The number of anilines is 2. The van der Waals surface area contributed by atoms with E-state index in [-0.39, 0.29) is 23.3 Å². The molecule has 11 heteroatoms. The van der Waals surface area contributed by atoms with Crippen molar-refractivity contribution in [2.75, 3.05) is 23.2 Å². The molecule has 0 unspecified atom stereocenters. The molecule has 0 spiro atoms. The van der Waals surface area contributed by atoms with Gasteiger partial charge in [0.2, 0.25) is 11.8 Å². The second kappa shape index (κ2) is 10.8. The fourth-order valence-corrected chi connectivity index (χ4v) is 4.59. The Morgan fingerprint density at radius 3 is 2.42 bits per heavy atom. The van der Waals surface area contributed by atoms with E-state index < -0.39 is 10.0 Å². The van der Waals surface area contributed by atoms with E-state index in [9.17, 15) is 8.42 Å². The molecule has 4 aromatic rings. The molecule has 0 fully saturated rings. The molecule has 0 saturated carbocycles. The van der Waals surface area contributed by atoms with Crippen molar-refractivity contribution in [3.63, 3.8) is 0 Å².